The zero-order valence-electron chi connectivity index (χ0n) is 16.6. The third kappa shape index (κ3) is 4.70. The molecule has 2 aromatic carbocycles. The van der Waals surface area contributed by atoms with Crippen LogP contribution in [0.25, 0.3) is 0 Å². The molecule has 1 N–H and O–H groups in total. The van der Waals surface area contributed by atoms with E-state index in [0.717, 1.165) is 12.8 Å². The molecule has 0 amide bonds. The number of nitrogens with zero attached hydrogens (tertiary/aromatic N) is 1. The fourth-order valence-electron chi connectivity index (χ4n) is 3.97. The van der Waals surface area contributed by atoms with E-state index in [1.165, 1.54) is 5.56 Å². The van der Waals surface area contributed by atoms with E-state index in [4.69, 9.17) is 4.74 Å². The van der Waals surface area contributed by atoms with Crippen molar-refractivity contribution in [3.05, 3.63) is 77.9 Å². The molecule has 0 bridgehead atoms. The van der Waals surface area contributed by atoms with Crippen LogP contribution < -0.4 is 0 Å². The first-order valence-electron chi connectivity index (χ1n) is 9.94. The SMILES string of the molecule is CCOCC(C(=O)c1ccc(O)cc1)N(C)C1CC=CCC1c1ccccc1. The highest BCUT2D eigenvalue weighted by atomic mass is 16.5. The van der Waals surface area contributed by atoms with Crippen molar-refractivity contribution in [3.63, 3.8) is 0 Å². The minimum Gasteiger partial charge on any atom is -0.508 e. The Hall–Kier alpha value is -2.43. The van der Waals surface area contributed by atoms with E-state index >= 15 is 0 Å². The number of likely N-dealkylation sites (N-methyl/N-ethyl adjacent to an activating group) is 1. The summed E-state index contributed by atoms with van der Waals surface area (Å²) < 4.78 is 5.69. The third-order valence-electron chi connectivity index (χ3n) is 5.58. The lowest BCUT2D eigenvalue weighted by atomic mass is 9.82. The van der Waals surface area contributed by atoms with Crippen LogP contribution in [0.5, 0.6) is 5.75 Å². The Morgan fingerprint density at radius 3 is 2.46 bits per heavy atom. The molecule has 1 aliphatic carbocycles. The summed E-state index contributed by atoms with van der Waals surface area (Å²) in [5, 5.41) is 9.54. The van der Waals surface area contributed by atoms with Gasteiger partial charge in [0.05, 0.1) is 12.6 Å². The number of phenolic OH excluding ortho intramolecular Hbond substituents is 1. The normalized spacial score (nSPS) is 20.2. The molecule has 28 heavy (non-hydrogen) atoms. The van der Waals surface area contributed by atoms with Crippen molar-refractivity contribution in [2.45, 2.75) is 37.8 Å². The standard InChI is InChI=1S/C24H29NO3/c1-3-28-17-23(24(27)19-13-15-20(26)16-14-19)25(2)22-12-8-7-11-21(22)18-9-5-4-6-10-18/h4-10,13-16,21-23,26H,3,11-12,17H2,1-2H3. The quantitative estimate of drug-likeness (QED) is 0.545. The lowest BCUT2D eigenvalue weighted by Crippen LogP contribution is -2.50. The molecule has 4 nitrogen and oxygen atoms in total. The fourth-order valence-corrected chi connectivity index (χ4v) is 3.97. The number of hydrogen-bond donors (Lipinski definition) is 1. The van der Waals surface area contributed by atoms with Gasteiger partial charge in [-0.15, -0.1) is 0 Å². The number of Topliss-reactive ketones (excluding diaryl/α,β-unsaturated/α-hetero) is 1. The number of rotatable bonds is 8. The Bertz CT molecular complexity index is 785. The average Bonchev–Trinajstić information content (AvgIpc) is 2.75. The second-order valence-electron chi connectivity index (χ2n) is 7.28. The molecular weight excluding hydrogens is 350 g/mol. The van der Waals surface area contributed by atoms with E-state index in [2.05, 4.69) is 41.3 Å². The van der Waals surface area contributed by atoms with Crippen LogP contribution in [0.3, 0.4) is 0 Å². The van der Waals surface area contributed by atoms with Gasteiger partial charge in [-0.1, -0.05) is 42.5 Å². The predicted molar refractivity (Wildman–Crippen MR) is 112 cm³/mol. The lowest BCUT2D eigenvalue weighted by Gasteiger charge is -2.40. The van der Waals surface area contributed by atoms with Gasteiger partial charge in [-0.3, -0.25) is 9.69 Å². The molecule has 4 heteroatoms. The first-order chi connectivity index (χ1) is 13.6. The largest absolute Gasteiger partial charge is 0.508 e. The zero-order valence-corrected chi connectivity index (χ0v) is 16.6. The fraction of sp³-hybridized carbons (Fsp3) is 0.375. The van der Waals surface area contributed by atoms with Crippen LogP contribution in [0.1, 0.15) is 41.6 Å². The number of allylic oxidation sites excluding steroid dienone is 1. The smallest absolute Gasteiger partial charge is 0.182 e. The summed E-state index contributed by atoms with van der Waals surface area (Å²) >= 11 is 0. The van der Waals surface area contributed by atoms with E-state index in [9.17, 15) is 9.90 Å². The Morgan fingerprint density at radius 1 is 1.11 bits per heavy atom. The van der Waals surface area contributed by atoms with Crippen LogP contribution >= 0.6 is 0 Å². The molecule has 0 aliphatic heterocycles. The molecule has 0 saturated heterocycles. The van der Waals surface area contributed by atoms with Crippen molar-refractivity contribution in [3.8, 4) is 5.75 Å². The van der Waals surface area contributed by atoms with Crippen LogP contribution in [0.2, 0.25) is 0 Å². The topological polar surface area (TPSA) is 49.8 Å². The molecular formula is C24H29NO3. The molecule has 0 fully saturated rings. The highest BCUT2D eigenvalue weighted by molar-refractivity contribution is 6.00. The van der Waals surface area contributed by atoms with Crippen LogP contribution in [0, 0.1) is 0 Å². The van der Waals surface area contributed by atoms with Crippen molar-refractivity contribution in [2.24, 2.45) is 0 Å². The maximum Gasteiger partial charge on any atom is 0.182 e. The van der Waals surface area contributed by atoms with Crippen LogP contribution in [-0.4, -0.2) is 48.1 Å². The van der Waals surface area contributed by atoms with Gasteiger partial charge in [0.15, 0.2) is 5.78 Å². The minimum absolute atomic E-state index is 0.0253. The first kappa shape index (κ1) is 20.3. The number of hydrogen-bond acceptors (Lipinski definition) is 4. The average molecular weight is 380 g/mol. The summed E-state index contributed by atoms with van der Waals surface area (Å²) in [5.41, 5.74) is 1.90. The lowest BCUT2D eigenvalue weighted by molar-refractivity contribution is 0.0421. The summed E-state index contributed by atoms with van der Waals surface area (Å²) in [6.07, 6.45) is 6.32. The molecule has 3 unspecified atom stereocenters. The van der Waals surface area contributed by atoms with Gasteiger partial charge in [0.25, 0.3) is 0 Å². The second-order valence-corrected chi connectivity index (χ2v) is 7.28. The number of ether oxygens (including phenoxy) is 1. The number of phenols is 1. The van der Waals surface area contributed by atoms with Gasteiger partial charge >= 0.3 is 0 Å². The number of benzene rings is 2. The van der Waals surface area contributed by atoms with E-state index in [0.29, 0.717) is 24.7 Å². The maximum absolute atomic E-state index is 13.3. The highest BCUT2D eigenvalue weighted by Gasteiger charge is 2.34. The molecule has 0 aromatic heterocycles. The van der Waals surface area contributed by atoms with Gasteiger partial charge in [-0.05, 0) is 56.6 Å². The minimum atomic E-state index is -0.368. The Balaban J connectivity index is 1.86. The van der Waals surface area contributed by atoms with Gasteiger partial charge in [-0.25, -0.2) is 0 Å². The van der Waals surface area contributed by atoms with Gasteiger partial charge < -0.3 is 9.84 Å². The third-order valence-corrected chi connectivity index (χ3v) is 5.58. The van der Waals surface area contributed by atoms with Gasteiger partial charge in [0.2, 0.25) is 0 Å². The van der Waals surface area contributed by atoms with E-state index in [-0.39, 0.29) is 23.6 Å². The summed E-state index contributed by atoms with van der Waals surface area (Å²) in [6, 6.07) is 16.9. The van der Waals surface area contributed by atoms with Gasteiger partial charge in [0.1, 0.15) is 5.75 Å². The molecule has 148 valence electrons. The van der Waals surface area contributed by atoms with Crippen molar-refractivity contribution in [1.82, 2.24) is 4.90 Å². The highest BCUT2D eigenvalue weighted by Crippen LogP contribution is 2.33. The summed E-state index contributed by atoms with van der Waals surface area (Å²) in [5.74, 6) is 0.526. The maximum atomic E-state index is 13.3. The van der Waals surface area contributed by atoms with Gasteiger partial charge in [0, 0.05) is 24.1 Å². The Labute approximate surface area is 167 Å². The number of carbonyl (C=O) groups excluding carboxylic acids is 1. The van der Waals surface area contributed by atoms with Crippen LogP contribution in [0.15, 0.2) is 66.7 Å². The molecule has 1 aliphatic rings. The van der Waals surface area contributed by atoms with E-state index < -0.39 is 0 Å². The second kappa shape index (κ2) is 9.67. The van der Waals surface area contributed by atoms with Gasteiger partial charge in [-0.2, -0.15) is 0 Å². The molecule has 2 aromatic rings. The van der Waals surface area contributed by atoms with Crippen LogP contribution in [0.4, 0.5) is 0 Å². The van der Waals surface area contributed by atoms with Crippen molar-refractivity contribution in [1.29, 1.82) is 0 Å². The summed E-state index contributed by atoms with van der Waals surface area (Å²) in [7, 11) is 2.03. The Morgan fingerprint density at radius 2 is 1.79 bits per heavy atom. The zero-order chi connectivity index (χ0) is 19.9. The molecule has 0 heterocycles. The van der Waals surface area contributed by atoms with Crippen molar-refractivity contribution < 1.29 is 14.6 Å². The van der Waals surface area contributed by atoms with Crippen molar-refractivity contribution in [2.75, 3.05) is 20.3 Å². The molecule has 0 saturated carbocycles. The monoisotopic (exact) mass is 379 g/mol. The van der Waals surface area contributed by atoms with E-state index in [1.807, 2.05) is 20.0 Å². The van der Waals surface area contributed by atoms with Crippen molar-refractivity contribution >= 4 is 5.78 Å². The molecule has 3 rings (SSSR count). The molecule has 0 spiro atoms. The summed E-state index contributed by atoms with van der Waals surface area (Å²) in [6.45, 7) is 2.87. The number of ketones is 1. The summed E-state index contributed by atoms with van der Waals surface area (Å²) in [4.78, 5) is 15.5. The number of aromatic hydroxyl groups is 1. The van der Waals surface area contributed by atoms with E-state index in [1.54, 1.807) is 24.3 Å². The first-order valence-corrected chi connectivity index (χ1v) is 9.94. The number of carbonyl (C=O) groups is 1. The molecule has 3 atom stereocenters. The predicted octanol–water partition coefficient (Wildman–Crippen LogP) is 4.41. The molecule has 0 radical (unpaired) electrons. The Kier molecular flexibility index (Phi) is 7.01. The van der Waals surface area contributed by atoms with Crippen LogP contribution in [-0.2, 0) is 4.74 Å².